The molecule has 0 atom stereocenters. The summed E-state index contributed by atoms with van der Waals surface area (Å²) < 4.78 is 0. The van der Waals surface area contributed by atoms with E-state index in [4.69, 9.17) is 0 Å². The average Bonchev–Trinajstić information content (AvgIpc) is 3.21. The number of nitrogens with one attached hydrogen (secondary N) is 3. The van der Waals surface area contributed by atoms with E-state index in [1.807, 2.05) is 30.3 Å². The molecule has 0 saturated carbocycles. The molecule has 1 aromatic heterocycles. The van der Waals surface area contributed by atoms with Gasteiger partial charge in [-0.3, -0.25) is 5.01 Å². The molecule has 2 aromatic carbocycles. The van der Waals surface area contributed by atoms with E-state index in [0.717, 1.165) is 27.4 Å². The fourth-order valence-electron chi connectivity index (χ4n) is 2.23. The third-order valence-corrected chi connectivity index (χ3v) is 4.76. The molecule has 4 rings (SSSR count). The van der Waals surface area contributed by atoms with Crippen molar-refractivity contribution in [2.75, 3.05) is 17.5 Å². The van der Waals surface area contributed by atoms with Gasteiger partial charge in [0.05, 0.1) is 11.4 Å². The predicted molar refractivity (Wildman–Crippen MR) is 101 cm³/mol. The van der Waals surface area contributed by atoms with E-state index >= 15 is 0 Å². The van der Waals surface area contributed by atoms with Crippen LogP contribution in [0.15, 0.2) is 36.4 Å². The lowest BCUT2D eigenvalue weighted by Crippen LogP contribution is -2.31. The molecule has 0 unspecified atom stereocenters. The van der Waals surface area contributed by atoms with Crippen molar-refractivity contribution >= 4 is 54.3 Å². The summed E-state index contributed by atoms with van der Waals surface area (Å²) in [5.74, 6) is 0. The smallest absolute Gasteiger partial charge is 0.113 e. The number of hydrazine groups is 2. The molecule has 0 aliphatic carbocycles. The summed E-state index contributed by atoms with van der Waals surface area (Å²) in [6, 6.07) is 12.3. The summed E-state index contributed by atoms with van der Waals surface area (Å²) in [4.78, 5) is 0. The highest BCUT2D eigenvalue weighted by Crippen LogP contribution is 2.29. The number of hydrogen-bond acceptors (Lipinski definition) is 5. The van der Waals surface area contributed by atoms with Crippen LogP contribution in [-0.4, -0.2) is 22.5 Å². The minimum Gasteiger partial charge on any atom is -0.302 e. The summed E-state index contributed by atoms with van der Waals surface area (Å²) in [5, 5.41) is 14.2. The van der Waals surface area contributed by atoms with Gasteiger partial charge in [-0.2, -0.15) is 15.4 Å². The highest BCUT2D eigenvalue weighted by molar-refractivity contribution is 9.08. The normalized spacial score (nSPS) is 12.6. The molecule has 0 radical (unpaired) electrons. The second-order valence-electron chi connectivity index (χ2n) is 5.06. The van der Waals surface area contributed by atoms with Crippen molar-refractivity contribution in [3.05, 3.63) is 47.5 Å². The Bertz CT molecular complexity index is 804. The van der Waals surface area contributed by atoms with Gasteiger partial charge in [-0.25, -0.2) is 0 Å². The molecular weight excluding hydrogens is 424 g/mol. The first-order chi connectivity index (χ1) is 11.2. The number of benzene rings is 2. The number of rotatable bonds is 2. The molecule has 23 heavy (non-hydrogen) atoms. The Kier molecular flexibility index (Phi) is 5.14. The third kappa shape index (κ3) is 3.65. The summed E-state index contributed by atoms with van der Waals surface area (Å²) in [7, 11) is 1.98. The summed E-state index contributed by atoms with van der Waals surface area (Å²) in [5.41, 5.74) is 12.7. The highest BCUT2D eigenvalue weighted by atomic mass is 79.9. The molecule has 1 aliphatic rings. The van der Waals surface area contributed by atoms with Crippen LogP contribution >= 0.6 is 31.9 Å². The van der Waals surface area contributed by atoms with Gasteiger partial charge in [0.15, 0.2) is 0 Å². The van der Waals surface area contributed by atoms with Crippen LogP contribution in [0.4, 0.5) is 11.4 Å². The molecule has 0 fully saturated rings. The molecule has 0 bridgehead atoms. The number of anilines is 2. The molecule has 0 spiro atoms. The highest BCUT2D eigenvalue weighted by Gasteiger charge is 2.13. The van der Waals surface area contributed by atoms with Gasteiger partial charge in [-0.15, -0.1) is 5.53 Å². The second-order valence-corrected chi connectivity index (χ2v) is 6.18. The van der Waals surface area contributed by atoms with Crippen molar-refractivity contribution in [1.29, 1.82) is 0 Å². The molecule has 0 amide bonds. The first-order valence-corrected chi connectivity index (χ1v) is 9.25. The molecule has 8 heteroatoms. The molecule has 3 N–H and O–H groups in total. The number of aromatic amines is 1. The van der Waals surface area contributed by atoms with Crippen LogP contribution in [0.5, 0.6) is 0 Å². The number of fused-ring (bicyclic) bond motifs is 2. The molecule has 2 heterocycles. The van der Waals surface area contributed by atoms with Gasteiger partial charge in [-0.05, 0) is 35.4 Å². The second kappa shape index (κ2) is 7.29. The summed E-state index contributed by atoms with van der Waals surface area (Å²) >= 11 is 6.79. The minimum absolute atomic E-state index is 0.857. The van der Waals surface area contributed by atoms with E-state index in [1.165, 1.54) is 16.8 Å². The minimum atomic E-state index is 0.857. The molecule has 0 saturated heterocycles. The number of aromatic nitrogens is 3. The van der Waals surface area contributed by atoms with Crippen molar-refractivity contribution in [1.82, 2.24) is 20.9 Å². The quantitative estimate of drug-likeness (QED) is 0.531. The van der Waals surface area contributed by atoms with Crippen LogP contribution in [0.3, 0.4) is 0 Å². The Balaban J connectivity index is 0.000000136. The Morgan fingerprint density at radius 2 is 1.65 bits per heavy atom. The van der Waals surface area contributed by atoms with E-state index in [0.29, 0.717) is 0 Å². The third-order valence-electron chi connectivity index (χ3n) is 3.47. The standard InChI is InChI=1S/C8H10BrN3.C7H6BrN3/c1-12-8-3-2-6(5-9)4-7(8)10-11-12;8-4-5-1-2-6-7(3-5)10-11-9-6/h2-4,10-11H,5H2,1H3;1-3H,4H2,(H,9,10,11). The van der Waals surface area contributed by atoms with E-state index in [9.17, 15) is 0 Å². The first kappa shape index (κ1) is 16.2. The molecular formula is C15H16Br2N6. The van der Waals surface area contributed by atoms with E-state index in [1.54, 1.807) is 0 Å². The number of hydrogen-bond donors (Lipinski definition) is 3. The molecule has 120 valence electrons. The lowest BCUT2D eigenvalue weighted by Gasteiger charge is -2.09. The van der Waals surface area contributed by atoms with Gasteiger partial charge in [0, 0.05) is 17.7 Å². The van der Waals surface area contributed by atoms with E-state index in [-0.39, 0.29) is 0 Å². The number of halogens is 2. The van der Waals surface area contributed by atoms with Crippen molar-refractivity contribution in [3.63, 3.8) is 0 Å². The fourth-order valence-corrected chi connectivity index (χ4v) is 2.93. The molecule has 1 aliphatic heterocycles. The van der Waals surface area contributed by atoms with Crippen LogP contribution in [0, 0.1) is 0 Å². The maximum atomic E-state index is 3.97. The van der Waals surface area contributed by atoms with Gasteiger partial charge >= 0.3 is 0 Å². The molecule has 6 nitrogen and oxygen atoms in total. The zero-order valence-corrected chi connectivity index (χ0v) is 15.6. The van der Waals surface area contributed by atoms with Crippen molar-refractivity contribution < 1.29 is 0 Å². The van der Waals surface area contributed by atoms with Gasteiger partial charge in [0.25, 0.3) is 0 Å². The Morgan fingerprint density at radius 3 is 2.43 bits per heavy atom. The Hall–Kier alpha value is -1.64. The van der Waals surface area contributed by atoms with Crippen LogP contribution in [-0.2, 0) is 10.7 Å². The van der Waals surface area contributed by atoms with E-state index < -0.39 is 0 Å². The molecule has 3 aromatic rings. The summed E-state index contributed by atoms with van der Waals surface area (Å²) in [6.07, 6.45) is 0. The fraction of sp³-hybridized carbons (Fsp3) is 0.200. The number of nitrogens with zero attached hydrogens (tertiary/aromatic N) is 3. The van der Waals surface area contributed by atoms with Crippen molar-refractivity contribution in [2.24, 2.45) is 0 Å². The van der Waals surface area contributed by atoms with Crippen LogP contribution in [0.1, 0.15) is 11.1 Å². The monoisotopic (exact) mass is 438 g/mol. The van der Waals surface area contributed by atoms with E-state index in [2.05, 4.69) is 76.4 Å². The Morgan fingerprint density at radius 1 is 0.957 bits per heavy atom. The maximum absolute atomic E-state index is 3.97. The van der Waals surface area contributed by atoms with Gasteiger partial charge < -0.3 is 5.43 Å². The SMILES string of the molecule is BrCc1ccc2n[nH]nc2c1.CN1NNc2cc(CBr)ccc21. The predicted octanol–water partition coefficient (Wildman–Crippen LogP) is 3.72. The number of alkyl halides is 2. The van der Waals surface area contributed by atoms with Gasteiger partial charge in [0.2, 0.25) is 0 Å². The van der Waals surface area contributed by atoms with Crippen molar-refractivity contribution in [2.45, 2.75) is 10.7 Å². The van der Waals surface area contributed by atoms with Gasteiger partial charge in [0.1, 0.15) is 11.0 Å². The number of H-pyrrole nitrogens is 1. The zero-order valence-electron chi connectivity index (χ0n) is 12.5. The van der Waals surface area contributed by atoms with Crippen LogP contribution < -0.4 is 16.0 Å². The topological polar surface area (TPSA) is 68.9 Å². The summed E-state index contributed by atoms with van der Waals surface area (Å²) in [6.45, 7) is 0. The average molecular weight is 440 g/mol. The Labute approximate surface area is 150 Å². The lowest BCUT2D eigenvalue weighted by atomic mass is 10.2. The largest absolute Gasteiger partial charge is 0.302 e. The van der Waals surface area contributed by atoms with Gasteiger partial charge in [-0.1, -0.05) is 44.0 Å². The lowest BCUT2D eigenvalue weighted by molar-refractivity contribution is 0.820. The van der Waals surface area contributed by atoms with Crippen LogP contribution in [0.2, 0.25) is 0 Å². The van der Waals surface area contributed by atoms with Crippen LogP contribution in [0.25, 0.3) is 11.0 Å². The van der Waals surface area contributed by atoms with Crippen molar-refractivity contribution in [3.8, 4) is 0 Å². The zero-order chi connectivity index (χ0) is 16.2. The first-order valence-electron chi connectivity index (χ1n) is 7.01. The maximum Gasteiger partial charge on any atom is 0.113 e.